The first-order valence-corrected chi connectivity index (χ1v) is 18.1. The molecule has 2 fully saturated rings. The number of ether oxygens (including phenoxy) is 2. The third-order valence-corrected chi connectivity index (χ3v) is 11.2. The molecule has 3 aromatic carbocycles. The topological polar surface area (TPSA) is 97.2 Å². The lowest BCUT2D eigenvalue weighted by Crippen LogP contribution is -2.48. The smallest absolute Gasteiger partial charge is 0.270 e. The van der Waals surface area contributed by atoms with Crippen LogP contribution >= 0.6 is 0 Å². The summed E-state index contributed by atoms with van der Waals surface area (Å²) in [5.41, 5.74) is 4.14. The molecule has 1 amide bonds. The highest BCUT2D eigenvalue weighted by atomic mass is 32.2. The third kappa shape index (κ3) is 7.28. The number of sulfonamides is 1. The molecule has 0 radical (unpaired) electrons. The van der Waals surface area contributed by atoms with Gasteiger partial charge < -0.3 is 18.9 Å². The molecule has 1 aliphatic heterocycles. The SMILES string of the molecule is Cc1ccc(S(=O)(=O)N(C)c2ccc(Oc3ccc4cc(C(=O)N5CCN(Cc6ccc(OCC7CC7)cc6)CC5)n(C)c4c3)nc2)cc1. The summed E-state index contributed by atoms with van der Waals surface area (Å²) in [5.74, 6) is 2.57. The molecule has 49 heavy (non-hydrogen) atoms. The van der Waals surface area contributed by atoms with E-state index in [9.17, 15) is 13.2 Å². The Morgan fingerprint density at radius 1 is 0.898 bits per heavy atom. The van der Waals surface area contributed by atoms with E-state index in [1.54, 1.807) is 36.4 Å². The number of benzene rings is 3. The molecule has 254 valence electrons. The van der Waals surface area contributed by atoms with Crippen LogP contribution in [-0.4, -0.2) is 73.5 Å². The normalized spacial score (nSPS) is 15.4. The highest BCUT2D eigenvalue weighted by Crippen LogP contribution is 2.31. The number of amides is 1. The minimum Gasteiger partial charge on any atom is -0.493 e. The molecule has 1 saturated heterocycles. The molecule has 0 spiro atoms. The van der Waals surface area contributed by atoms with Crippen molar-refractivity contribution in [3.8, 4) is 17.4 Å². The van der Waals surface area contributed by atoms with Crippen molar-refractivity contribution in [1.29, 1.82) is 0 Å². The molecule has 5 aromatic rings. The predicted octanol–water partition coefficient (Wildman–Crippen LogP) is 6.25. The zero-order valence-corrected chi connectivity index (χ0v) is 28.9. The van der Waals surface area contributed by atoms with Gasteiger partial charge in [-0.25, -0.2) is 13.4 Å². The van der Waals surface area contributed by atoms with Crippen LogP contribution in [0.1, 0.15) is 34.5 Å². The fourth-order valence-electron chi connectivity index (χ4n) is 6.04. The van der Waals surface area contributed by atoms with Crippen molar-refractivity contribution in [2.75, 3.05) is 44.1 Å². The van der Waals surface area contributed by atoms with Crippen molar-refractivity contribution in [3.63, 3.8) is 0 Å². The third-order valence-electron chi connectivity index (χ3n) is 9.39. The van der Waals surface area contributed by atoms with Gasteiger partial charge in [0.25, 0.3) is 15.9 Å². The molecule has 0 N–H and O–H groups in total. The van der Waals surface area contributed by atoms with E-state index in [1.807, 2.05) is 47.7 Å². The zero-order chi connectivity index (χ0) is 34.1. The predicted molar refractivity (Wildman–Crippen MR) is 190 cm³/mol. The first-order valence-electron chi connectivity index (χ1n) is 16.7. The van der Waals surface area contributed by atoms with Gasteiger partial charge in [0.05, 0.1) is 28.9 Å². The zero-order valence-electron chi connectivity index (χ0n) is 28.1. The fraction of sp³-hybridized carbons (Fsp3) is 0.316. The molecule has 0 atom stereocenters. The Hall–Kier alpha value is -4.87. The summed E-state index contributed by atoms with van der Waals surface area (Å²) in [6, 6.07) is 26.0. The molecule has 7 rings (SSSR count). The van der Waals surface area contributed by atoms with E-state index < -0.39 is 10.0 Å². The molecule has 2 aromatic heterocycles. The maximum Gasteiger partial charge on any atom is 0.270 e. The fourth-order valence-corrected chi connectivity index (χ4v) is 7.23. The number of fused-ring (bicyclic) bond motifs is 1. The van der Waals surface area contributed by atoms with Crippen LogP contribution in [0.15, 0.2) is 96.0 Å². The molecule has 2 aliphatic rings. The standard InChI is InChI=1S/C38H41N5O5S/c1-27-4-15-34(16-5-27)49(45,46)41(3)31-11-17-37(39-24-31)48-33-14-10-30-22-36(40(2)35(30)23-33)38(44)43-20-18-42(19-21-43)25-28-8-12-32(13-9-28)47-26-29-6-7-29/h4-5,8-17,22-24,29H,6-7,18-21,25-26H2,1-3H3. The van der Waals surface area contributed by atoms with Crippen molar-refractivity contribution in [3.05, 3.63) is 108 Å². The number of carbonyl (C=O) groups is 1. The maximum absolute atomic E-state index is 13.6. The number of rotatable bonds is 11. The van der Waals surface area contributed by atoms with E-state index >= 15 is 0 Å². The van der Waals surface area contributed by atoms with Gasteiger partial charge in [-0.2, -0.15) is 0 Å². The molecule has 0 bridgehead atoms. The summed E-state index contributed by atoms with van der Waals surface area (Å²) in [5, 5.41) is 0.938. The Balaban J connectivity index is 0.956. The Morgan fingerprint density at radius 3 is 2.29 bits per heavy atom. The monoisotopic (exact) mass is 679 g/mol. The molecule has 0 unspecified atom stereocenters. The van der Waals surface area contributed by atoms with E-state index in [-0.39, 0.29) is 10.8 Å². The molecule has 10 nitrogen and oxygen atoms in total. The number of hydrogen-bond acceptors (Lipinski definition) is 7. The molecule has 3 heterocycles. The number of hydrogen-bond donors (Lipinski definition) is 0. The molecule has 1 saturated carbocycles. The summed E-state index contributed by atoms with van der Waals surface area (Å²) in [6.45, 7) is 6.54. The minimum absolute atomic E-state index is 0.0138. The van der Waals surface area contributed by atoms with Crippen molar-refractivity contribution in [2.24, 2.45) is 13.0 Å². The number of nitrogens with zero attached hydrogens (tertiary/aromatic N) is 5. The Bertz CT molecular complexity index is 2050. The lowest BCUT2D eigenvalue weighted by Gasteiger charge is -2.34. The minimum atomic E-state index is -3.73. The summed E-state index contributed by atoms with van der Waals surface area (Å²) in [6.07, 6.45) is 4.04. The van der Waals surface area contributed by atoms with Crippen LogP contribution in [0, 0.1) is 12.8 Å². The maximum atomic E-state index is 13.6. The second-order valence-electron chi connectivity index (χ2n) is 13.0. The van der Waals surface area contributed by atoms with Gasteiger partial charge in [0.1, 0.15) is 17.2 Å². The first-order chi connectivity index (χ1) is 23.6. The highest BCUT2D eigenvalue weighted by molar-refractivity contribution is 7.92. The van der Waals surface area contributed by atoms with Gasteiger partial charge in [-0.1, -0.05) is 29.8 Å². The number of piperazine rings is 1. The van der Waals surface area contributed by atoms with Gasteiger partial charge in [0.15, 0.2) is 0 Å². The van der Waals surface area contributed by atoms with Gasteiger partial charge in [0.2, 0.25) is 5.88 Å². The molecular formula is C38H41N5O5S. The van der Waals surface area contributed by atoms with Crippen LogP contribution < -0.4 is 13.8 Å². The summed E-state index contributed by atoms with van der Waals surface area (Å²) in [4.78, 5) is 22.5. The van der Waals surface area contributed by atoms with Crippen molar-refractivity contribution >= 4 is 32.5 Å². The van der Waals surface area contributed by atoms with E-state index in [2.05, 4.69) is 34.1 Å². The largest absolute Gasteiger partial charge is 0.493 e. The average Bonchev–Trinajstić information content (AvgIpc) is 3.90. The lowest BCUT2D eigenvalue weighted by atomic mass is 10.2. The van der Waals surface area contributed by atoms with Gasteiger partial charge in [0, 0.05) is 64.3 Å². The van der Waals surface area contributed by atoms with E-state index in [0.717, 1.165) is 54.4 Å². The number of carbonyl (C=O) groups excluding carboxylic acids is 1. The van der Waals surface area contributed by atoms with Crippen LogP contribution in [0.25, 0.3) is 10.9 Å². The van der Waals surface area contributed by atoms with Gasteiger partial charge in [-0.3, -0.25) is 14.0 Å². The van der Waals surface area contributed by atoms with Crippen LogP contribution in [0.4, 0.5) is 5.69 Å². The number of aryl methyl sites for hydroxylation is 2. The molecule has 11 heteroatoms. The average molecular weight is 680 g/mol. The second kappa shape index (κ2) is 13.6. The summed E-state index contributed by atoms with van der Waals surface area (Å²) in [7, 11) is -0.335. The molecule has 1 aliphatic carbocycles. The second-order valence-corrected chi connectivity index (χ2v) is 15.0. The van der Waals surface area contributed by atoms with Gasteiger partial charge in [-0.05, 0) is 79.8 Å². The Morgan fingerprint density at radius 2 is 1.61 bits per heavy atom. The van der Waals surface area contributed by atoms with Gasteiger partial charge >= 0.3 is 0 Å². The number of anilines is 1. The number of aromatic nitrogens is 2. The Labute approximate surface area is 287 Å². The quantitative estimate of drug-likeness (QED) is 0.163. The first kappa shape index (κ1) is 32.7. The van der Waals surface area contributed by atoms with Crippen molar-refractivity contribution in [1.82, 2.24) is 19.4 Å². The van der Waals surface area contributed by atoms with E-state index in [4.69, 9.17) is 9.47 Å². The van der Waals surface area contributed by atoms with Crippen molar-refractivity contribution in [2.45, 2.75) is 31.2 Å². The summed E-state index contributed by atoms with van der Waals surface area (Å²) >= 11 is 0. The highest BCUT2D eigenvalue weighted by Gasteiger charge is 2.26. The van der Waals surface area contributed by atoms with E-state index in [0.29, 0.717) is 36.1 Å². The van der Waals surface area contributed by atoms with Crippen molar-refractivity contribution < 1.29 is 22.7 Å². The van der Waals surface area contributed by atoms with Crippen LogP contribution in [0.2, 0.25) is 0 Å². The van der Waals surface area contributed by atoms with Crippen LogP contribution in [0.5, 0.6) is 17.4 Å². The summed E-state index contributed by atoms with van der Waals surface area (Å²) < 4.78 is 41.2. The molecular weight excluding hydrogens is 639 g/mol. The van der Waals surface area contributed by atoms with Gasteiger partial charge in [-0.15, -0.1) is 0 Å². The Kier molecular flexibility index (Phi) is 9.04. The van der Waals surface area contributed by atoms with Crippen LogP contribution in [-0.2, 0) is 23.6 Å². The van der Waals surface area contributed by atoms with E-state index in [1.165, 1.54) is 36.0 Å². The van der Waals surface area contributed by atoms with Crippen LogP contribution in [0.3, 0.4) is 0 Å². The lowest BCUT2D eigenvalue weighted by molar-refractivity contribution is 0.0619. The number of pyridine rings is 1.